The second-order valence-corrected chi connectivity index (χ2v) is 5.78. The van der Waals surface area contributed by atoms with Gasteiger partial charge in [-0.2, -0.15) is 0 Å². The number of piperazine rings is 1. The Morgan fingerprint density at radius 1 is 1.25 bits per heavy atom. The van der Waals surface area contributed by atoms with Gasteiger partial charge in [-0.1, -0.05) is 25.1 Å². The van der Waals surface area contributed by atoms with Crippen LogP contribution in [0.25, 0.3) is 0 Å². The molecule has 1 aromatic rings. The van der Waals surface area contributed by atoms with Crippen molar-refractivity contribution >= 4 is 5.91 Å². The summed E-state index contributed by atoms with van der Waals surface area (Å²) in [5.41, 5.74) is 3.94. The number of nitrogens with zero attached hydrogens (tertiary/aromatic N) is 1. The van der Waals surface area contributed by atoms with Gasteiger partial charge in [0.15, 0.2) is 0 Å². The molecule has 110 valence electrons. The Kier molecular flexibility index (Phi) is 5.18. The van der Waals surface area contributed by atoms with Crippen molar-refractivity contribution in [2.45, 2.75) is 39.5 Å². The van der Waals surface area contributed by atoms with Crippen LogP contribution in [0.5, 0.6) is 0 Å². The molecule has 1 saturated heterocycles. The van der Waals surface area contributed by atoms with E-state index in [1.807, 2.05) is 4.90 Å². The van der Waals surface area contributed by atoms with Crippen LogP contribution in [0, 0.1) is 13.8 Å². The maximum atomic E-state index is 12.4. The lowest BCUT2D eigenvalue weighted by atomic mass is 9.90. The summed E-state index contributed by atoms with van der Waals surface area (Å²) in [6.07, 6.45) is 1.65. The van der Waals surface area contributed by atoms with E-state index >= 15 is 0 Å². The van der Waals surface area contributed by atoms with Crippen LogP contribution in [0.3, 0.4) is 0 Å². The highest BCUT2D eigenvalue weighted by atomic mass is 16.2. The molecule has 1 aliphatic heterocycles. The minimum Gasteiger partial charge on any atom is -0.340 e. The van der Waals surface area contributed by atoms with Crippen LogP contribution in [0.15, 0.2) is 18.2 Å². The summed E-state index contributed by atoms with van der Waals surface area (Å²) < 4.78 is 0. The minimum atomic E-state index is 0.302. The van der Waals surface area contributed by atoms with Crippen molar-refractivity contribution in [2.24, 2.45) is 0 Å². The molecular weight excluding hydrogens is 248 g/mol. The first kappa shape index (κ1) is 15.0. The smallest absolute Gasteiger partial charge is 0.223 e. The molecule has 1 aliphatic rings. The van der Waals surface area contributed by atoms with E-state index in [4.69, 9.17) is 0 Å². The molecule has 1 atom stereocenters. The van der Waals surface area contributed by atoms with E-state index < -0.39 is 0 Å². The maximum absolute atomic E-state index is 12.4. The van der Waals surface area contributed by atoms with Crippen molar-refractivity contribution < 1.29 is 4.79 Å². The lowest BCUT2D eigenvalue weighted by molar-refractivity contribution is -0.132. The van der Waals surface area contributed by atoms with Crippen molar-refractivity contribution in [3.63, 3.8) is 0 Å². The normalized spacial score (nSPS) is 17.1. The Labute approximate surface area is 122 Å². The van der Waals surface area contributed by atoms with Gasteiger partial charge in [0.2, 0.25) is 5.91 Å². The molecule has 1 N–H and O–H groups in total. The lowest BCUT2D eigenvalue weighted by Crippen LogP contribution is -2.46. The number of hydrogen-bond donors (Lipinski definition) is 1. The van der Waals surface area contributed by atoms with Crippen molar-refractivity contribution in [2.75, 3.05) is 26.2 Å². The third kappa shape index (κ3) is 3.60. The van der Waals surface area contributed by atoms with E-state index in [1.165, 1.54) is 16.7 Å². The standard InChI is InChI=1S/C17H26N2O/c1-4-15(16-6-5-13(2)14(3)11-16)12-17(20)19-9-7-18-8-10-19/h5-6,11,15,18H,4,7-10,12H2,1-3H3. The quantitative estimate of drug-likeness (QED) is 0.915. The average molecular weight is 274 g/mol. The van der Waals surface area contributed by atoms with E-state index in [9.17, 15) is 4.79 Å². The van der Waals surface area contributed by atoms with Gasteiger partial charge in [-0.15, -0.1) is 0 Å². The molecular formula is C17H26N2O. The zero-order chi connectivity index (χ0) is 14.5. The van der Waals surface area contributed by atoms with Crippen molar-refractivity contribution in [1.82, 2.24) is 10.2 Å². The highest BCUT2D eigenvalue weighted by Crippen LogP contribution is 2.26. The monoisotopic (exact) mass is 274 g/mol. The van der Waals surface area contributed by atoms with Gasteiger partial charge >= 0.3 is 0 Å². The molecule has 0 bridgehead atoms. The number of rotatable bonds is 4. The minimum absolute atomic E-state index is 0.302. The predicted molar refractivity (Wildman–Crippen MR) is 83.0 cm³/mol. The Bertz CT molecular complexity index is 464. The number of amides is 1. The summed E-state index contributed by atoms with van der Waals surface area (Å²) in [5, 5.41) is 3.29. The molecule has 0 aliphatic carbocycles. The highest BCUT2D eigenvalue weighted by Gasteiger charge is 2.21. The van der Waals surface area contributed by atoms with Crippen molar-refractivity contribution in [3.05, 3.63) is 34.9 Å². The van der Waals surface area contributed by atoms with E-state index in [0.29, 0.717) is 18.2 Å². The molecule has 0 spiro atoms. The fraction of sp³-hybridized carbons (Fsp3) is 0.588. The molecule has 2 rings (SSSR count). The lowest BCUT2D eigenvalue weighted by Gasteiger charge is -2.29. The van der Waals surface area contributed by atoms with Gasteiger partial charge in [0, 0.05) is 32.6 Å². The third-order valence-electron chi connectivity index (χ3n) is 4.39. The number of aryl methyl sites for hydroxylation is 2. The summed E-state index contributed by atoms with van der Waals surface area (Å²) in [4.78, 5) is 14.4. The van der Waals surface area contributed by atoms with Gasteiger partial charge in [-0.05, 0) is 42.9 Å². The van der Waals surface area contributed by atoms with E-state index in [1.54, 1.807) is 0 Å². The third-order valence-corrected chi connectivity index (χ3v) is 4.39. The zero-order valence-corrected chi connectivity index (χ0v) is 12.9. The van der Waals surface area contributed by atoms with Crippen molar-refractivity contribution in [1.29, 1.82) is 0 Å². The van der Waals surface area contributed by atoms with Crippen LogP contribution in [0.1, 0.15) is 42.4 Å². The first-order chi connectivity index (χ1) is 9.61. The summed E-state index contributed by atoms with van der Waals surface area (Å²) in [5.74, 6) is 0.647. The van der Waals surface area contributed by atoms with Gasteiger partial charge in [-0.3, -0.25) is 4.79 Å². The van der Waals surface area contributed by atoms with Crippen LogP contribution in [-0.2, 0) is 4.79 Å². The molecule has 20 heavy (non-hydrogen) atoms. The van der Waals surface area contributed by atoms with Gasteiger partial charge in [0.25, 0.3) is 0 Å². The summed E-state index contributed by atoms with van der Waals surface area (Å²) >= 11 is 0. The number of hydrogen-bond acceptors (Lipinski definition) is 2. The molecule has 1 amide bonds. The molecule has 3 heteroatoms. The van der Waals surface area contributed by atoms with Crippen LogP contribution >= 0.6 is 0 Å². The Morgan fingerprint density at radius 2 is 1.95 bits per heavy atom. The number of benzene rings is 1. The topological polar surface area (TPSA) is 32.3 Å². The molecule has 0 saturated carbocycles. The van der Waals surface area contributed by atoms with E-state index in [0.717, 1.165) is 32.6 Å². The molecule has 1 heterocycles. The molecule has 0 aromatic heterocycles. The highest BCUT2D eigenvalue weighted by molar-refractivity contribution is 5.77. The number of carbonyl (C=O) groups is 1. The first-order valence-electron chi connectivity index (χ1n) is 7.67. The van der Waals surface area contributed by atoms with Crippen LogP contribution < -0.4 is 5.32 Å². The first-order valence-corrected chi connectivity index (χ1v) is 7.67. The molecule has 1 unspecified atom stereocenters. The molecule has 3 nitrogen and oxygen atoms in total. The summed E-state index contributed by atoms with van der Waals surface area (Å²) in [6.45, 7) is 9.99. The van der Waals surface area contributed by atoms with Gasteiger partial charge in [0.1, 0.15) is 0 Å². The maximum Gasteiger partial charge on any atom is 0.223 e. The van der Waals surface area contributed by atoms with Crippen LogP contribution in [-0.4, -0.2) is 37.0 Å². The van der Waals surface area contributed by atoms with E-state index in [-0.39, 0.29) is 0 Å². The molecule has 1 aromatic carbocycles. The van der Waals surface area contributed by atoms with Crippen LogP contribution in [0.2, 0.25) is 0 Å². The SMILES string of the molecule is CCC(CC(=O)N1CCNCC1)c1ccc(C)c(C)c1. The largest absolute Gasteiger partial charge is 0.340 e. The second kappa shape index (κ2) is 6.89. The van der Waals surface area contributed by atoms with Crippen molar-refractivity contribution in [3.8, 4) is 0 Å². The zero-order valence-electron chi connectivity index (χ0n) is 12.9. The van der Waals surface area contributed by atoms with Crippen LogP contribution in [0.4, 0.5) is 0 Å². The Balaban J connectivity index is 2.04. The number of nitrogens with one attached hydrogen (secondary N) is 1. The predicted octanol–water partition coefficient (Wildman–Crippen LogP) is 2.62. The number of carbonyl (C=O) groups excluding carboxylic acids is 1. The van der Waals surface area contributed by atoms with E-state index in [2.05, 4.69) is 44.3 Å². The fourth-order valence-corrected chi connectivity index (χ4v) is 2.77. The Morgan fingerprint density at radius 3 is 2.55 bits per heavy atom. The summed E-state index contributed by atoms with van der Waals surface area (Å²) in [6, 6.07) is 6.60. The Hall–Kier alpha value is -1.35. The fourth-order valence-electron chi connectivity index (χ4n) is 2.77. The van der Waals surface area contributed by atoms with Gasteiger partial charge < -0.3 is 10.2 Å². The molecule has 1 fully saturated rings. The average Bonchev–Trinajstić information content (AvgIpc) is 2.48. The molecule has 0 radical (unpaired) electrons. The van der Waals surface area contributed by atoms with Gasteiger partial charge in [-0.25, -0.2) is 0 Å². The summed E-state index contributed by atoms with van der Waals surface area (Å²) in [7, 11) is 0. The second-order valence-electron chi connectivity index (χ2n) is 5.78. The van der Waals surface area contributed by atoms with Gasteiger partial charge in [0.05, 0.1) is 0 Å².